The van der Waals surface area contributed by atoms with Crippen LogP contribution in [0.1, 0.15) is 75.0 Å². The summed E-state index contributed by atoms with van der Waals surface area (Å²) in [6, 6.07) is 20.5. The predicted molar refractivity (Wildman–Crippen MR) is 183 cm³/mol. The maximum Gasteiger partial charge on any atom is 0.494 e. The zero-order chi connectivity index (χ0) is 33.0. The number of H-pyrrole nitrogens is 1. The number of carbonyl (C=O) groups is 1. The highest BCUT2D eigenvalue weighted by atomic mass is 19.1. The molecule has 0 saturated carbocycles. The van der Waals surface area contributed by atoms with Crippen LogP contribution in [0.3, 0.4) is 0 Å². The molecule has 0 radical (unpaired) electrons. The van der Waals surface area contributed by atoms with Gasteiger partial charge in [-0.2, -0.15) is 5.10 Å². The molecular formula is C37H42BFN4O4. The Kier molecular flexibility index (Phi) is 7.99. The van der Waals surface area contributed by atoms with Crippen molar-refractivity contribution in [3.05, 3.63) is 99.7 Å². The minimum atomic E-state index is -0.517. The lowest BCUT2D eigenvalue weighted by atomic mass is 9.71. The van der Waals surface area contributed by atoms with E-state index in [1.807, 2.05) is 23.1 Å². The van der Waals surface area contributed by atoms with Crippen molar-refractivity contribution in [2.75, 3.05) is 31.1 Å². The van der Waals surface area contributed by atoms with Gasteiger partial charge in [0.1, 0.15) is 5.82 Å². The van der Waals surface area contributed by atoms with Crippen molar-refractivity contribution in [1.29, 1.82) is 0 Å². The Morgan fingerprint density at radius 1 is 0.872 bits per heavy atom. The van der Waals surface area contributed by atoms with E-state index in [2.05, 4.69) is 67.1 Å². The molecule has 8 nitrogen and oxygen atoms in total. The van der Waals surface area contributed by atoms with Gasteiger partial charge in [-0.3, -0.25) is 9.59 Å². The van der Waals surface area contributed by atoms with Crippen molar-refractivity contribution >= 4 is 34.9 Å². The average Bonchev–Trinajstić information content (AvgIpc) is 3.30. The van der Waals surface area contributed by atoms with Crippen LogP contribution in [0, 0.1) is 11.2 Å². The zero-order valence-electron chi connectivity index (χ0n) is 27.6. The van der Waals surface area contributed by atoms with Crippen LogP contribution in [0.5, 0.6) is 0 Å². The first-order valence-electron chi connectivity index (χ1n) is 16.7. The third-order valence-corrected chi connectivity index (χ3v) is 11.1. The van der Waals surface area contributed by atoms with Crippen LogP contribution in [0.4, 0.5) is 10.1 Å². The third kappa shape index (κ3) is 5.98. The van der Waals surface area contributed by atoms with Gasteiger partial charge in [0, 0.05) is 43.7 Å². The Balaban J connectivity index is 0.959. The molecule has 7 rings (SSSR count). The van der Waals surface area contributed by atoms with E-state index in [9.17, 15) is 9.59 Å². The number of benzene rings is 3. The largest absolute Gasteiger partial charge is 0.494 e. The average molecular weight is 637 g/mol. The molecule has 0 unspecified atom stereocenters. The molecule has 3 aliphatic rings. The molecule has 1 spiro atoms. The highest BCUT2D eigenvalue weighted by molar-refractivity contribution is 6.62. The van der Waals surface area contributed by atoms with E-state index in [0.29, 0.717) is 30.6 Å². The van der Waals surface area contributed by atoms with Crippen molar-refractivity contribution in [3.8, 4) is 0 Å². The van der Waals surface area contributed by atoms with Gasteiger partial charge >= 0.3 is 7.12 Å². The number of aromatic amines is 1. The standard InChI is InChI=1S/C37H42BFN4O4/c1-35(2)36(3,4)47-38(46-35)26-10-12-27(13-11-26)42-19-15-37(16-20-42)17-21-43(22-18-37)34(45)30-23-25(9-14-31(30)39)24-32-28-7-5-6-8-29(28)33(44)41-40-32/h5-14,23H,15-22,24H2,1-4H3,(H,41,44). The second kappa shape index (κ2) is 11.9. The van der Waals surface area contributed by atoms with Gasteiger partial charge in [-0.15, -0.1) is 0 Å². The molecule has 0 atom stereocenters. The van der Waals surface area contributed by atoms with Crippen molar-refractivity contribution in [1.82, 2.24) is 15.1 Å². The van der Waals surface area contributed by atoms with Gasteiger partial charge in [0.25, 0.3) is 11.5 Å². The number of amides is 1. The summed E-state index contributed by atoms with van der Waals surface area (Å²) in [5, 5.41) is 8.11. The molecule has 3 saturated heterocycles. The number of carbonyl (C=O) groups excluding carboxylic acids is 1. The van der Waals surface area contributed by atoms with E-state index in [4.69, 9.17) is 9.31 Å². The van der Waals surface area contributed by atoms with E-state index in [0.717, 1.165) is 55.2 Å². The van der Waals surface area contributed by atoms with Crippen LogP contribution in [-0.2, 0) is 15.7 Å². The van der Waals surface area contributed by atoms with Crippen LogP contribution in [-0.4, -0.2) is 65.5 Å². The van der Waals surface area contributed by atoms with Crippen LogP contribution in [0.25, 0.3) is 10.8 Å². The normalized spacial score (nSPS) is 20.2. The Morgan fingerprint density at radius 3 is 2.15 bits per heavy atom. The van der Waals surface area contributed by atoms with Crippen molar-refractivity contribution in [3.63, 3.8) is 0 Å². The summed E-state index contributed by atoms with van der Waals surface area (Å²) in [4.78, 5) is 30.0. The summed E-state index contributed by atoms with van der Waals surface area (Å²) in [7, 11) is -0.365. The number of nitrogens with zero attached hydrogens (tertiary/aromatic N) is 3. The van der Waals surface area contributed by atoms with Gasteiger partial charge in [-0.25, -0.2) is 9.49 Å². The van der Waals surface area contributed by atoms with Gasteiger partial charge in [0.15, 0.2) is 0 Å². The number of nitrogens with one attached hydrogen (secondary N) is 1. The second-order valence-electron chi connectivity index (χ2n) is 14.5. The number of hydrogen-bond acceptors (Lipinski definition) is 6. The monoisotopic (exact) mass is 636 g/mol. The van der Waals surface area contributed by atoms with Gasteiger partial charge < -0.3 is 19.1 Å². The minimum Gasteiger partial charge on any atom is -0.399 e. The molecule has 0 bridgehead atoms. The first-order valence-corrected chi connectivity index (χ1v) is 16.7. The third-order valence-electron chi connectivity index (χ3n) is 11.1. The minimum absolute atomic E-state index is 0.0889. The number of anilines is 1. The highest BCUT2D eigenvalue weighted by Gasteiger charge is 2.51. The highest BCUT2D eigenvalue weighted by Crippen LogP contribution is 2.42. The number of likely N-dealkylation sites (tertiary alicyclic amines) is 1. The Morgan fingerprint density at radius 2 is 1.49 bits per heavy atom. The molecule has 1 aromatic heterocycles. The fraction of sp³-hybridized carbons (Fsp3) is 0.432. The maximum atomic E-state index is 15.0. The Labute approximate surface area is 275 Å². The molecule has 244 valence electrons. The van der Waals surface area contributed by atoms with E-state index < -0.39 is 5.82 Å². The molecule has 4 aromatic rings. The van der Waals surface area contributed by atoms with Gasteiger partial charge in [0.05, 0.1) is 27.8 Å². The van der Waals surface area contributed by atoms with Crippen LogP contribution in [0.2, 0.25) is 0 Å². The number of hydrogen-bond donors (Lipinski definition) is 1. The fourth-order valence-corrected chi connectivity index (χ4v) is 7.26. The number of halogens is 1. The topological polar surface area (TPSA) is 87.8 Å². The first kappa shape index (κ1) is 31.6. The molecule has 0 aliphatic carbocycles. The van der Waals surface area contributed by atoms with Crippen LogP contribution in [0.15, 0.2) is 71.5 Å². The predicted octanol–water partition coefficient (Wildman–Crippen LogP) is 5.48. The number of piperidine rings is 2. The van der Waals surface area contributed by atoms with Gasteiger partial charge in [-0.05, 0) is 100 Å². The van der Waals surface area contributed by atoms with E-state index >= 15 is 4.39 Å². The van der Waals surface area contributed by atoms with Gasteiger partial charge in [-0.1, -0.05) is 36.4 Å². The van der Waals surface area contributed by atoms with Crippen molar-refractivity contribution < 1.29 is 18.5 Å². The molecule has 4 heterocycles. The molecule has 1 N–H and O–H groups in total. The fourth-order valence-electron chi connectivity index (χ4n) is 7.26. The zero-order valence-corrected chi connectivity index (χ0v) is 27.6. The maximum absolute atomic E-state index is 15.0. The lowest BCUT2D eigenvalue weighted by molar-refractivity contribution is 0.00578. The smallest absolute Gasteiger partial charge is 0.399 e. The molecule has 3 fully saturated rings. The van der Waals surface area contributed by atoms with E-state index in [1.54, 1.807) is 18.2 Å². The molecule has 10 heteroatoms. The summed E-state index contributed by atoms with van der Waals surface area (Å²) < 4.78 is 27.5. The lowest BCUT2D eigenvalue weighted by Crippen LogP contribution is -2.48. The summed E-state index contributed by atoms with van der Waals surface area (Å²) in [6.45, 7) is 11.5. The summed E-state index contributed by atoms with van der Waals surface area (Å²) in [5.74, 6) is -0.783. The van der Waals surface area contributed by atoms with Crippen molar-refractivity contribution in [2.24, 2.45) is 5.41 Å². The summed E-state index contributed by atoms with van der Waals surface area (Å²) in [6.07, 6.45) is 4.35. The Bertz CT molecular complexity index is 1840. The molecule has 3 aromatic carbocycles. The van der Waals surface area contributed by atoms with E-state index in [1.165, 1.54) is 11.8 Å². The van der Waals surface area contributed by atoms with Gasteiger partial charge in [0.2, 0.25) is 0 Å². The Hall–Kier alpha value is -4.02. The number of aromatic nitrogens is 2. The number of fused-ring (bicyclic) bond motifs is 1. The summed E-state index contributed by atoms with van der Waals surface area (Å²) in [5.41, 5.74) is 2.99. The quantitative estimate of drug-likeness (QED) is 0.293. The SMILES string of the molecule is CC1(C)OB(c2ccc(N3CCC4(CCN(C(=O)c5cc(Cc6n[nH]c(=O)c7ccccc67)ccc5F)CC4)CC3)cc2)OC1(C)C. The molecular weight excluding hydrogens is 594 g/mol. The first-order chi connectivity index (χ1) is 22.4. The molecule has 3 aliphatic heterocycles. The second-order valence-corrected chi connectivity index (χ2v) is 14.5. The lowest BCUT2D eigenvalue weighted by Gasteiger charge is -2.47. The summed E-state index contributed by atoms with van der Waals surface area (Å²) >= 11 is 0. The van der Waals surface area contributed by atoms with E-state index in [-0.39, 0.29) is 40.8 Å². The molecule has 47 heavy (non-hydrogen) atoms. The molecule has 1 amide bonds. The van der Waals surface area contributed by atoms with Crippen molar-refractivity contribution in [2.45, 2.75) is 71.0 Å². The number of rotatable bonds is 5. The van der Waals surface area contributed by atoms with Crippen LogP contribution < -0.4 is 15.9 Å². The van der Waals surface area contributed by atoms with Crippen LogP contribution >= 0.6 is 0 Å².